The molecule has 0 unspecified atom stereocenters. The quantitative estimate of drug-likeness (QED) is 0.605. The summed E-state index contributed by atoms with van der Waals surface area (Å²) in [6.07, 6.45) is 2.07. The molecule has 0 aromatic heterocycles. The number of nitrogens with one attached hydrogen (secondary N) is 1. The van der Waals surface area contributed by atoms with Crippen LogP contribution < -0.4 is 16.0 Å². The van der Waals surface area contributed by atoms with Gasteiger partial charge in [-0.2, -0.15) is 0 Å². The Morgan fingerprint density at radius 3 is 2.88 bits per heavy atom. The number of nitrogen functional groups attached to an aromatic ring is 1. The van der Waals surface area contributed by atoms with E-state index >= 15 is 0 Å². The van der Waals surface area contributed by atoms with Gasteiger partial charge in [-0.25, -0.2) is 4.79 Å². The number of carbonyl (C=O) groups is 1. The molecule has 1 rings (SSSR count). The highest BCUT2D eigenvalue weighted by molar-refractivity contribution is 5.91. The third-order valence-corrected chi connectivity index (χ3v) is 2.37. The zero-order valence-corrected chi connectivity index (χ0v) is 9.86. The summed E-state index contributed by atoms with van der Waals surface area (Å²) in [7, 11) is 1.73. The lowest BCUT2D eigenvalue weighted by Crippen LogP contribution is -2.37. The van der Waals surface area contributed by atoms with Crippen molar-refractivity contribution in [3.8, 4) is 0 Å². The van der Waals surface area contributed by atoms with Crippen molar-refractivity contribution in [1.29, 1.82) is 0 Å². The Kier molecular flexibility index (Phi) is 4.64. The Morgan fingerprint density at radius 2 is 2.25 bits per heavy atom. The first-order valence-electron chi connectivity index (χ1n) is 5.52. The van der Waals surface area contributed by atoms with Crippen molar-refractivity contribution < 1.29 is 4.79 Å². The molecule has 0 bridgehead atoms. The van der Waals surface area contributed by atoms with Gasteiger partial charge in [-0.3, -0.25) is 4.90 Å². The van der Waals surface area contributed by atoms with E-state index in [2.05, 4.69) is 12.2 Å². The van der Waals surface area contributed by atoms with Gasteiger partial charge in [-0.15, -0.1) is 0 Å². The number of unbranched alkanes of at least 4 members (excludes halogenated alkanes) is 1. The molecule has 88 valence electrons. The molecule has 4 heteroatoms. The zero-order valence-electron chi connectivity index (χ0n) is 9.86. The average Bonchev–Trinajstić information content (AvgIpc) is 2.28. The van der Waals surface area contributed by atoms with Gasteiger partial charge in [0.15, 0.2) is 0 Å². The molecule has 0 aliphatic heterocycles. The summed E-state index contributed by atoms with van der Waals surface area (Å²) in [5.74, 6) is 0. The van der Waals surface area contributed by atoms with Crippen LogP contribution in [-0.4, -0.2) is 19.6 Å². The molecule has 0 spiro atoms. The molecule has 16 heavy (non-hydrogen) atoms. The van der Waals surface area contributed by atoms with Crippen molar-refractivity contribution in [1.82, 2.24) is 5.32 Å². The van der Waals surface area contributed by atoms with E-state index in [0.717, 1.165) is 18.5 Å². The van der Waals surface area contributed by atoms with E-state index in [1.807, 2.05) is 12.1 Å². The number of hydrogen-bond donors (Lipinski definition) is 2. The number of urea groups is 1. The molecule has 0 saturated heterocycles. The molecule has 3 N–H and O–H groups in total. The topological polar surface area (TPSA) is 58.4 Å². The van der Waals surface area contributed by atoms with Crippen LogP contribution in [0.1, 0.15) is 19.8 Å². The smallest absolute Gasteiger partial charge is 0.321 e. The van der Waals surface area contributed by atoms with Crippen LogP contribution in [0.5, 0.6) is 0 Å². The molecular formula is C12H19N3O. The third kappa shape index (κ3) is 3.46. The number of amides is 2. The van der Waals surface area contributed by atoms with Crippen LogP contribution in [0.15, 0.2) is 24.3 Å². The molecule has 0 aliphatic rings. The van der Waals surface area contributed by atoms with Crippen molar-refractivity contribution in [2.75, 3.05) is 24.2 Å². The van der Waals surface area contributed by atoms with E-state index < -0.39 is 0 Å². The van der Waals surface area contributed by atoms with Crippen LogP contribution in [0.3, 0.4) is 0 Å². The lowest BCUT2D eigenvalue weighted by molar-refractivity contribution is 0.247. The number of hydrogen-bond acceptors (Lipinski definition) is 2. The lowest BCUT2D eigenvalue weighted by Gasteiger charge is -2.18. The molecule has 4 nitrogen and oxygen atoms in total. The Morgan fingerprint density at radius 1 is 1.50 bits per heavy atom. The maximum Gasteiger partial charge on any atom is 0.321 e. The van der Waals surface area contributed by atoms with Crippen molar-refractivity contribution in [3.05, 3.63) is 24.3 Å². The summed E-state index contributed by atoms with van der Waals surface area (Å²) in [6.45, 7) is 2.80. The molecule has 2 amide bonds. The van der Waals surface area contributed by atoms with Crippen molar-refractivity contribution in [2.24, 2.45) is 0 Å². The highest BCUT2D eigenvalue weighted by Gasteiger charge is 2.09. The maximum atomic E-state index is 11.7. The minimum atomic E-state index is -0.0981. The highest BCUT2D eigenvalue weighted by Crippen LogP contribution is 2.15. The van der Waals surface area contributed by atoms with Gasteiger partial charge < -0.3 is 11.1 Å². The van der Waals surface area contributed by atoms with Gasteiger partial charge in [-0.05, 0) is 24.6 Å². The predicted molar refractivity (Wildman–Crippen MR) is 67.6 cm³/mol. The first-order valence-corrected chi connectivity index (χ1v) is 5.52. The fraction of sp³-hybridized carbons (Fsp3) is 0.417. The van der Waals surface area contributed by atoms with Crippen LogP contribution in [0.4, 0.5) is 16.2 Å². The highest BCUT2D eigenvalue weighted by atomic mass is 16.2. The summed E-state index contributed by atoms with van der Waals surface area (Å²) in [5.41, 5.74) is 7.12. The second-order valence-electron chi connectivity index (χ2n) is 3.74. The minimum Gasteiger partial charge on any atom is -0.399 e. The fourth-order valence-corrected chi connectivity index (χ4v) is 1.34. The summed E-state index contributed by atoms with van der Waals surface area (Å²) in [4.78, 5) is 13.3. The Hall–Kier alpha value is -1.71. The minimum absolute atomic E-state index is 0.0981. The first-order chi connectivity index (χ1) is 7.65. The van der Waals surface area contributed by atoms with Gasteiger partial charge in [0.1, 0.15) is 0 Å². The number of benzene rings is 1. The predicted octanol–water partition coefficient (Wildman–Crippen LogP) is 2.21. The fourth-order valence-electron chi connectivity index (χ4n) is 1.34. The number of rotatable bonds is 4. The number of nitrogens with zero attached hydrogens (tertiary/aromatic N) is 1. The molecule has 0 saturated carbocycles. The maximum absolute atomic E-state index is 11.7. The van der Waals surface area contributed by atoms with Crippen LogP contribution in [0, 0.1) is 0 Å². The van der Waals surface area contributed by atoms with E-state index in [1.165, 1.54) is 0 Å². The molecule has 0 fully saturated rings. The van der Waals surface area contributed by atoms with Crippen molar-refractivity contribution in [3.63, 3.8) is 0 Å². The zero-order chi connectivity index (χ0) is 12.0. The Labute approximate surface area is 96.4 Å². The summed E-state index contributed by atoms with van der Waals surface area (Å²) in [5, 5.41) is 2.85. The van der Waals surface area contributed by atoms with Crippen LogP contribution >= 0.6 is 0 Å². The average molecular weight is 221 g/mol. The van der Waals surface area contributed by atoms with Gasteiger partial charge in [0.25, 0.3) is 0 Å². The van der Waals surface area contributed by atoms with Gasteiger partial charge in [-0.1, -0.05) is 19.4 Å². The Bertz CT molecular complexity index is 352. The van der Waals surface area contributed by atoms with Gasteiger partial charge in [0, 0.05) is 25.0 Å². The molecular weight excluding hydrogens is 202 g/mol. The molecule has 1 aromatic rings. The number of anilines is 2. The van der Waals surface area contributed by atoms with E-state index in [9.17, 15) is 4.79 Å². The summed E-state index contributed by atoms with van der Waals surface area (Å²) >= 11 is 0. The summed E-state index contributed by atoms with van der Waals surface area (Å²) < 4.78 is 0. The normalized spacial score (nSPS) is 9.88. The molecule has 1 aromatic carbocycles. The monoisotopic (exact) mass is 221 g/mol. The third-order valence-electron chi connectivity index (χ3n) is 2.37. The van der Waals surface area contributed by atoms with E-state index in [0.29, 0.717) is 12.2 Å². The second-order valence-corrected chi connectivity index (χ2v) is 3.74. The first kappa shape index (κ1) is 12.4. The van der Waals surface area contributed by atoms with Gasteiger partial charge in [0.2, 0.25) is 0 Å². The lowest BCUT2D eigenvalue weighted by atomic mass is 10.2. The summed E-state index contributed by atoms with van der Waals surface area (Å²) in [6, 6.07) is 7.17. The van der Waals surface area contributed by atoms with Crippen LogP contribution in [-0.2, 0) is 0 Å². The number of carbonyl (C=O) groups excluding carboxylic acids is 1. The van der Waals surface area contributed by atoms with Crippen molar-refractivity contribution >= 4 is 17.4 Å². The van der Waals surface area contributed by atoms with E-state index in [1.54, 1.807) is 24.1 Å². The second kappa shape index (κ2) is 6.00. The Balaban J connectivity index is 2.56. The van der Waals surface area contributed by atoms with Crippen molar-refractivity contribution in [2.45, 2.75) is 19.8 Å². The van der Waals surface area contributed by atoms with E-state index in [-0.39, 0.29) is 6.03 Å². The number of nitrogens with two attached hydrogens (primary N) is 1. The van der Waals surface area contributed by atoms with Crippen LogP contribution in [0.2, 0.25) is 0 Å². The van der Waals surface area contributed by atoms with Crippen LogP contribution in [0.25, 0.3) is 0 Å². The van der Waals surface area contributed by atoms with Gasteiger partial charge in [0.05, 0.1) is 0 Å². The molecule has 0 aliphatic carbocycles. The molecule has 0 atom stereocenters. The standard InChI is InChI=1S/C12H19N3O/c1-3-4-8-14-12(16)15(2)11-7-5-6-10(13)9-11/h5-7,9H,3-4,8,13H2,1-2H3,(H,14,16). The molecule has 0 radical (unpaired) electrons. The SMILES string of the molecule is CCCCNC(=O)N(C)c1cccc(N)c1. The molecule has 0 heterocycles. The van der Waals surface area contributed by atoms with E-state index in [4.69, 9.17) is 5.73 Å². The largest absolute Gasteiger partial charge is 0.399 e. The van der Waals surface area contributed by atoms with Gasteiger partial charge >= 0.3 is 6.03 Å².